The average molecular weight is 1160 g/mol. The molecule has 448 valence electrons. The molecule has 0 bridgehead atoms. The van der Waals surface area contributed by atoms with E-state index in [1.165, 1.54) is 44.4 Å². The number of likely N-dealkylation sites (tertiary alicyclic amines) is 2. The van der Waals surface area contributed by atoms with E-state index in [2.05, 4.69) is 105 Å². The van der Waals surface area contributed by atoms with Gasteiger partial charge >= 0.3 is 0 Å². The molecule has 0 radical (unpaired) electrons. The van der Waals surface area contributed by atoms with Crippen molar-refractivity contribution in [2.45, 2.75) is 167 Å². The molecule has 6 aliphatic rings. The van der Waals surface area contributed by atoms with E-state index in [0.29, 0.717) is 40.4 Å². The third kappa shape index (κ3) is 10.2. The average Bonchev–Trinajstić information content (AvgIpc) is 1.67. The molecule has 19 heteroatoms. The summed E-state index contributed by atoms with van der Waals surface area (Å²) in [7, 11) is 0. The number of fused-ring (bicyclic) bond motifs is 4. The molecule has 2 saturated heterocycles. The van der Waals surface area contributed by atoms with Crippen LogP contribution in [0.4, 0.5) is 38.8 Å². The Morgan fingerprint density at radius 2 is 1.20 bits per heavy atom. The highest BCUT2D eigenvalue weighted by atomic mass is 19.1. The monoisotopic (exact) mass is 1160 g/mol. The van der Waals surface area contributed by atoms with Crippen LogP contribution in [0, 0.1) is 11.2 Å². The van der Waals surface area contributed by atoms with E-state index in [0.717, 1.165) is 120 Å². The Morgan fingerprint density at radius 1 is 0.640 bits per heavy atom. The number of rotatable bonds is 12. The van der Waals surface area contributed by atoms with E-state index in [1.54, 1.807) is 31.6 Å². The van der Waals surface area contributed by atoms with Crippen molar-refractivity contribution in [2.24, 2.45) is 5.41 Å². The molecule has 6 aromatic heterocycles. The van der Waals surface area contributed by atoms with Gasteiger partial charge in [0.2, 0.25) is 11.5 Å². The number of piperidine rings is 2. The standard InChI is InChI=1S/C35H43N7O2.C32H36FN7O2/c1-21(2)41-20-37-28-17-27(39-32(31(28)41)38-23-9-11-30(43)36-18-23)22-8-10-26-29(14-22)42(33(44)35(26,5)6)25-15-24(16-25)40-13-7-12-34(3,4)19-40;1-19(2)39-18-35-27-16-26(37-30(29(27)39)36-25-9-10-34-17-24(25)33)20-7-8-23-28(13-20)40(31(41)32(23,3)42)22-14-21(15-22)38-11-5-4-6-12-38/h8-11,14,17-18,20-21,24-25H,7,12-13,15-16,19H2,1-6H3,(H,36,43)(H,38,39);7-10,13,16-19,21-22,42H,4-6,11-12,14-15H2,1-3H3,(H,34,36,37)/t;21?,22?,32-/m.0/s1. The second kappa shape index (κ2) is 21.8. The minimum Gasteiger partial charge on any atom is -0.375 e. The highest BCUT2D eigenvalue weighted by Gasteiger charge is 2.53. The van der Waals surface area contributed by atoms with Gasteiger partial charge in [-0.2, -0.15) is 0 Å². The third-order valence-corrected chi connectivity index (χ3v) is 19.2. The fraction of sp³-hybridized carbons (Fsp3) is 0.463. The summed E-state index contributed by atoms with van der Waals surface area (Å²) in [4.78, 5) is 74.3. The van der Waals surface area contributed by atoms with Crippen molar-refractivity contribution in [2.75, 3.05) is 46.6 Å². The van der Waals surface area contributed by atoms with Gasteiger partial charge in [0.25, 0.3) is 5.91 Å². The summed E-state index contributed by atoms with van der Waals surface area (Å²) in [6, 6.07) is 22.4. The van der Waals surface area contributed by atoms with E-state index < -0.39 is 16.8 Å². The molecule has 2 saturated carbocycles. The van der Waals surface area contributed by atoms with Crippen LogP contribution in [-0.4, -0.2) is 116 Å². The van der Waals surface area contributed by atoms with Crippen LogP contribution in [0.2, 0.25) is 0 Å². The van der Waals surface area contributed by atoms with Gasteiger partial charge < -0.3 is 44.6 Å². The summed E-state index contributed by atoms with van der Waals surface area (Å²) in [6.07, 6.45) is 18.1. The molecule has 4 aliphatic heterocycles. The molecule has 8 aromatic rings. The number of aromatic nitrogens is 8. The fourth-order valence-electron chi connectivity index (χ4n) is 14.2. The predicted molar refractivity (Wildman–Crippen MR) is 336 cm³/mol. The Hall–Kier alpha value is -7.87. The number of H-pyrrole nitrogens is 1. The number of imidazole rings is 2. The largest absolute Gasteiger partial charge is 0.375 e. The summed E-state index contributed by atoms with van der Waals surface area (Å²) in [6.45, 7) is 23.3. The first-order valence-corrected chi connectivity index (χ1v) is 30.9. The predicted octanol–water partition coefficient (Wildman–Crippen LogP) is 11.9. The quantitative estimate of drug-likeness (QED) is 0.0902. The van der Waals surface area contributed by atoms with Crippen molar-refractivity contribution in [1.29, 1.82) is 0 Å². The van der Waals surface area contributed by atoms with Gasteiger partial charge in [0.05, 0.1) is 63.7 Å². The molecule has 0 spiro atoms. The van der Waals surface area contributed by atoms with Crippen LogP contribution in [0.5, 0.6) is 0 Å². The molecule has 14 rings (SSSR count). The number of hydrogen-bond acceptors (Lipinski definition) is 13. The number of amides is 2. The number of halogens is 1. The first kappa shape index (κ1) is 57.2. The number of nitrogens with one attached hydrogen (secondary N) is 3. The lowest BCUT2D eigenvalue weighted by Crippen LogP contribution is -2.58. The summed E-state index contributed by atoms with van der Waals surface area (Å²) in [5.74, 6) is 0.571. The SMILES string of the molecule is CC(C)n1cnc2cc(-c3ccc4c(c3)N(C3CC(N5CCCC(C)(C)C5)C3)C(=O)C4(C)C)nc(Nc3ccc(=O)[nH]c3)c21.CC(C)n1cnc2cc(-c3ccc4c(c3)N(C3CC(N5CCCCC5)C3)C(=O)[C@@]4(C)O)nc(Nc3ccncc3F)c21. The van der Waals surface area contributed by atoms with Crippen molar-refractivity contribution >= 4 is 68.3 Å². The summed E-state index contributed by atoms with van der Waals surface area (Å²) >= 11 is 0. The summed E-state index contributed by atoms with van der Waals surface area (Å²) in [5.41, 5.74) is 8.82. The van der Waals surface area contributed by atoms with Gasteiger partial charge in [-0.25, -0.2) is 24.3 Å². The minimum atomic E-state index is -1.58. The topological polar surface area (TPSA) is 199 Å². The Kier molecular flexibility index (Phi) is 14.5. The Bertz CT molecular complexity index is 3970. The zero-order valence-corrected chi connectivity index (χ0v) is 50.9. The lowest BCUT2D eigenvalue weighted by molar-refractivity contribution is -0.135. The highest BCUT2D eigenvalue weighted by Crippen LogP contribution is 2.50. The van der Waals surface area contributed by atoms with Crippen LogP contribution in [0.1, 0.15) is 143 Å². The van der Waals surface area contributed by atoms with E-state index in [4.69, 9.17) is 15.0 Å². The van der Waals surface area contributed by atoms with Crippen molar-refractivity contribution in [3.8, 4) is 22.5 Å². The zero-order valence-electron chi connectivity index (χ0n) is 50.9. The Morgan fingerprint density at radius 3 is 1.77 bits per heavy atom. The van der Waals surface area contributed by atoms with Crippen molar-refractivity contribution in [1.82, 2.24) is 48.8 Å². The molecule has 1 atom stereocenters. The number of aliphatic hydroxyl groups is 1. The molecule has 2 amide bonds. The van der Waals surface area contributed by atoms with Crippen LogP contribution in [0.25, 0.3) is 44.6 Å². The van der Waals surface area contributed by atoms with Gasteiger partial charge in [0, 0.05) is 83.6 Å². The smallest absolute Gasteiger partial charge is 0.263 e. The van der Waals surface area contributed by atoms with E-state index in [1.807, 2.05) is 60.0 Å². The zero-order chi connectivity index (χ0) is 60.1. The Labute approximate surface area is 501 Å². The maximum Gasteiger partial charge on any atom is 0.263 e. The highest BCUT2D eigenvalue weighted by molar-refractivity contribution is 6.09. The number of pyridine rings is 4. The summed E-state index contributed by atoms with van der Waals surface area (Å²) in [5, 5.41) is 17.9. The molecular weight excluding hydrogens is 1080 g/mol. The molecule has 4 N–H and O–H groups in total. The molecule has 10 heterocycles. The van der Waals surface area contributed by atoms with Gasteiger partial charge in [-0.1, -0.05) is 44.5 Å². The van der Waals surface area contributed by atoms with Crippen LogP contribution < -0.4 is 26.0 Å². The number of benzene rings is 2. The number of nitrogens with zero attached hydrogens (tertiary/aromatic N) is 11. The van der Waals surface area contributed by atoms with Crippen LogP contribution in [-0.2, 0) is 20.6 Å². The lowest BCUT2D eigenvalue weighted by Gasteiger charge is -2.50. The van der Waals surface area contributed by atoms with E-state index in [9.17, 15) is 23.9 Å². The molecule has 86 heavy (non-hydrogen) atoms. The molecule has 4 fully saturated rings. The minimum absolute atomic E-state index is 0.0523. The maximum atomic E-state index is 14.6. The lowest BCUT2D eigenvalue weighted by atomic mass is 9.78. The Balaban J connectivity index is 0.000000160. The van der Waals surface area contributed by atoms with Crippen molar-refractivity contribution in [3.05, 3.63) is 125 Å². The van der Waals surface area contributed by atoms with Gasteiger partial charge in [-0.3, -0.25) is 24.3 Å². The van der Waals surface area contributed by atoms with Crippen LogP contribution in [0.3, 0.4) is 0 Å². The number of hydrogen-bond donors (Lipinski definition) is 4. The normalized spacial score (nSPS) is 23.5. The first-order chi connectivity index (χ1) is 41.1. The molecular formula is C67H79FN14O4. The van der Waals surface area contributed by atoms with Gasteiger partial charge in [-0.15, -0.1) is 0 Å². The first-order valence-electron chi connectivity index (χ1n) is 30.9. The number of carbonyl (C=O) groups excluding carboxylic acids is 2. The fourth-order valence-corrected chi connectivity index (χ4v) is 14.2. The van der Waals surface area contributed by atoms with Crippen LogP contribution >= 0.6 is 0 Å². The second-order valence-corrected chi connectivity index (χ2v) is 26.9. The van der Waals surface area contributed by atoms with Crippen molar-refractivity contribution in [3.63, 3.8) is 0 Å². The number of aromatic amines is 1. The van der Waals surface area contributed by atoms with E-state index >= 15 is 0 Å². The molecule has 2 aliphatic carbocycles. The van der Waals surface area contributed by atoms with Gasteiger partial charge in [0.1, 0.15) is 11.0 Å². The van der Waals surface area contributed by atoms with Gasteiger partial charge in [0.15, 0.2) is 23.1 Å². The van der Waals surface area contributed by atoms with Crippen LogP contribution in [0.15, 0.2) is 103 Å². The van der Waals surface area contributed by atoms with Crippen molar-refractivity contribution < 1.29 is 19.1 Å². The van der Waals surface area contributed by atoms with E-state index in [-0.39, 0.29) is 47.2 Å². The molecule has 0 unspecified atom stereocenters. The molecule has 18 nitrogen and oxygen atoms in total. The molecule has 2 aromatic carbocycles. The number of carbonyl (C=O) groups is 2. The van der Waals surface area contributed by atoms with Gasteiger partial charge in [-0.05, 0) is 167 Å². The second-order valence-electron chi connectivity index (χ2n) is 26.9. The number of anilines is 6. The summed E-state index contributed by atoms with van der Waals surface area (Å²) < 4.78 is 18.7. The third-order valence-electron chi connectivity index (χ3n) is 19.2. The maximum absolute atomic E-state index is 14.6.